The van der Waals surface area contributed by atoms with E-state index in [0.29, 0.717) is 18.0 Å². The highest BCUT2D eigenvalue weighted by Gasteiger charge is 2.29. The first-order chi connectivity index (χ1) is 15.3. The topological polar surface area (TPSA) is 151 Å². The Morgan fingerprint density at radius 1 is 1.22 bits per heavy atom. The highest BCUT2D eigenvalue weighted by atomic mass is 16.6. The first-order valence-electron chi connectivity index (χ1n) is 9.95. The summed E-state index contributed by atoms with van der Waals surface area (Å²) in [5, 5.41) is 25.9. The molecule has 3 aromatic rings. The van der Waals surface area contributed by atoms with Crippen molar-refractivity contribution in [3.05, 3.63) is 81.7 Å². The molecule has 1 amide bonds. The van der Waals surface area contributed by atoms with Gasteiger partial charge in [0.25, 0.3) is 5.69 Å². The number of hydrogen-bond acceptors (Lipinski definition) is 8. The Hall–Kier alpha value is -3.70. The molecule has 11 nitrogen and oxygen atoms in total. The molecule has 3 rings (SSSR count). The third-order valence-corrected chi connectivity index (χ3v) is 4.67. The summed E-state index contributed by atoms with van der Waals surface area (Å²) in [6.07, 6.45) is 0. The fourth-order valence-electron chi connectivity index (χ4n) is 2.95. The van der Waals surface area contributed by atoms with Crippen LogP contribution in [-0.2, 0) is 22.7 Å². The molecule has 0 spiro atoms. The second-order valence-electron chi connectivity index (χ2n) is 7.83. The number of aromatic nitrogens is 4. The number of nitrogens with two attached hydrogens (primary N) is 1. The summed E-state index contributed by atoms with van der Waals surface area (Å²) in [6, 6.07) is 15.2. The molecule has 2 aromatic carbocycles. The molecule has 3 N–H and O–H groups in total. The standard InChI is InChI=1S/C21H25N7O4/c1-21(2,22)20(29)23-17(14-32-13-15-8-4-3-5-9-15)19-24-25-26-27(19)12-16-10-6-7-11-18(16)28(30)31/h3-11,17H,12-14,22H2,1-2H3,(H,23,29)/t17-/m1/s1. The number of nitrogens with zero attached hydrogens (tertiary/aromatic N) is 5. The third kappa shape index (κ3) is 5.93. The lowest BCUT2D eigenvalue weighted by Gasteiger charge is -2.23. The van der Waals surface area contributed by atoms with E-state index in [2.05, 4.69) is 20.8 Å². The van der Waals surface area contributed by atoms with Crippen LogP contribution in [0, 0.1) is 10.1 Å². The maximum Gasteiger partial charge on any atom is 0.274 e. The van der Waals surface area contributed by atoms with Gasteiger partial charge in [-0.3, -0.25) is 14.9 Å². The van der Waals surface area contributed by atoms with Crippen molar-refractivity contribution in [1.82, 2.24) is 25.5 Å². The van der Waals surface area contributed by atoms with Crippen LogP contribution in [0.1, 0.15) is 36.8 Å². The van der Waals surface area contributed by atoms with Crippen LogP contribution < -0.4 is 11.1 Å². The second-order valence-corrected chi connectivity index (χ2v) is 7.83. The number of rotatable bonds is 10. The maximum atomic E-state index is 12.6. The van der Waals surface area contributed by atoms with E-state index >= 15 is 0 Å². The fraction of sp³-hybridized carbons (Fsp3) is 0.333. The van der Waals surface area contributed by atoms with Gasteiger partial charge in [0.1, 0.15) is 6.04 Å². The zero-order valence-corrected chi connectivity index (χ0v) is 17.8. The summed E-state index contributed by atoms with van der Waals surface area (Å²) in [4.78, 5) is 23.5. The number of nitro groups is 1. The predicted octanol–water partition coefficient (Wildman–Crippen LogP) is 1.74. The van der Waals surface area contributed by atoms with Crippen molar-refractivity contribution in [2.75, 3.05) is 6.61 Å². The van der Waals surface area contributed by atoms with Crippen LogP contribution in [0.25, 0.3) is 0 Å². The van der Waals surface area contributed by atoms with E-state index in [1.54, 1.807) is 32.0 Å². The molecule has 0 unspecified atom stereocenters. The average Bonchev–Trinajstić information content (AvgIpc) is 3.21. The predicted molar refractivity (Wildman–Crippen MR) is 115 cm³/mol. The summed E-state index contributed by atoms with van der Waals surface area (Å²) in [5.41, 5.74) is 6.15. The molecule has 11 heteroatoms. The zero-order valence-electron chi connectivity index (χ0n) is 17.8. The van der Waals surface area contributed by atoms with Crippen LogP contribution in [0.4, 0.5) is 5.69 Å². The van der Waals surface area contributed by atoms with Crippen molar-refractivity contribution in [3.8, 4) is 0 Å². The highest BCUT2D eigenvalue weighted by molar-refractivity contribution is 5.85. The summed E-state index contributed by atoms with van der Waals surface area (Å²) in [7, 11) is 0. The number of carbonyl (C=O) groups is 1. The second kappa shape index (κ2) is 10.1. The summed E-state index contributed by atoms with van der Waals surface area (Å²) in [6.45, 7) is 3.62. The Bertz CT molecular complexity index is 1060. The molecule has 32 heavy (non-hydrogen) atoms. The van der Waals surface area contributed by atoms with Crippen molar-refractivity contribution in [1.29, 1.82) is 0 Å². The molecule has 0 aliphatic carbocycles. The first-order valence-corrected chi connectivity index (χ1v) is 9.95. The van der Waals surface area contributed by atoms with Crippen molar-refractivity contribution in [2.24, 2.45) is 5.73 Å². The van der Waals surface area contributed by atoms with E-state index in [-0.39, 0.29) is 18.8 Å². The van der Waals surface area contributed by atoms with Crippen LogP contribution in [0.2, 0.25) is 0 Å². The van der Waals surface area contributed by atoms with Crippen molar-refractivity contribution >= 4 is 11.6 Å². The van der Waals surface area contributed by atoms with E-state index in [4.69, 9.17) is 10.5 Å². The average molecular weight is 439 g/mol. The van der Waals surface area contributed by atoms with Gasteiger partial charge in [0.2, 0.25) is 5.91 Å². The number of nitrogens with one attached hydrogen (secondary N) is 1. The molecular formula is C21H25N7O4. The Labute approximate surface area is 184 Å². The quantitative estimate of drug-likeness (QED) is 0.358. The highest BCUT2D eigenvalue weighted by Crippen LogP contribution is 2.20. The van der Waals surface area contributed by atoms with Crippen LogP contribution in [0.3, 0.4) is 0 Å². The molecule has 0 saturated heterocycles. The maximum absolute atomic E-state index is 12.6. The largest absolute Gasteiger partial charge is 0.374 e. The Kier molecular flexibility index (Phi) is 7.23. The van der Waals surface area contributed by atoms with Gasteiger partial charge in [-0.05, 0) is 29.8 Å². The van der Waals surface area contributed by atoms with Gasteiger partial charge < -0.3 is 15.8 Å². The molecular weight excluding hydrogens is 414 g/mol. The molecule has 1 atom stereocenters. The third-order valence-electron chi connectivity index (χ3n) is 4.67. The Morgan fingerprint density at radius 3 is 2.59 bits per heavy atom. The van der Waals surface area contributed by atoms with Crippen molar-refractivity contribution in [2.45, 2.75) is 38.6 Å². The minimum Gasteiger partial charge on any atom is -0.374 e. The Balaban J connectivity index is 1.82. The molecule has 0 bridgehead atoms. The lowest BCUT2D eigenvalue weighted by atomic mass is 10.1. The number of ether oxygens (including phenoxy) is 1. The number of nitro benzene ring substituents is 1. The van der Waals surface area contributed by atoms with E-state index in [0.717, 1.165) is 5.56 Å². The van der Waals surface area contributed by atoms with Gasteiger partial charge >= 0.3 is 0 Å². The number of amides is 1. The SMILES string of the molecule is CC(C)(N)C(=O)N[C@H](COCc1ccccc1)c1nnnn1Cc1ccccc1[N+](=O)[O-]. The molecule has 0 radical (unpaired) electrons. The lowest BCUT2D eigenvalue weighted by Crippen LogP contribution is -2.51. The van der Waals surface area contributed by atoms with E-state index in [1.807, 2.05) is 30.3 Å². The van der Waals surface area contributed by atoms with Gasteiger partial charge in [-0.2, -0.15) is 0 Å². The number of benzene rings is 2. The molecule has 1 heterocycles. The molecule has 0 saturated carbocycles. The van der Waals surface area contributed by atoms with E-state index < -0.39 is 22.4 Å². The van der Waals surface area contributed by atoms with Gasteiger partial charge in [0, 0.05) is 6.07 Å². The smallest absolute Gasteiger partial charge is 0.274 e. The van der Waals surface area contributed by atoms with Gasteiger partial charge in [-0.15, -0.1) is 5.10 Å². The van der Waals surface area contributed by atoms with Gasteiger partial charge in [-0.1, -0.05) is 48.5 Å². The summed E-state index contributed by atoms with van der Waals surface area (Å²) in [5.74, 6) is -0.111. The Morgan fingerprint density at radius 2 is 1.91 bits per heavy atom. The van der Waals surface area contributed by atoms with Crippen molar-refractivity contribution in [3.63, 3.8) is 0 Å². The number of hydrogen-bond donors (Lipinski definition) is 2. The van der Waals surface area contributed by atoms with Crippen molar-refractivity contribution < 1.29 is 14.5 Å². The minimum atomic E-state index is -1.13. The monoisotopic (exact) mass is 439 g/mol. The normalized spacial score (nSPS) is 12.3. The van der Waals surface area contributed by atoms with E-state index in [1.165, 1.54) is 10.7 Å². The van der Waals surface area contributed by atoms with Gasteiger partial charge in [0.15, 0.2) is 5.82 Å². The van der Waals surface area contributed by atoms with Crippen LogP contribution in [0.15, 0.2) is 54.6 Å². The van der Waals surface area contributed by atoms with E-state index in [9.17, 15) is 14.9 Å². The lowest BCUT2D eigenvalue weighted by molar-refractivity contribution is -0.385. The minimum absolute atomic E-state index is 0.0436. The van der Waals surface area contributed by atoms with Crippen LogP contribution >= 0.6 is 0 Å². The first kappa shape index (κ1) is 23.0. The van der Waals surface area contributed by atoms with Gasteiger partial charge in [-0.25, -0.2) is 4.68 Å². The number of tetrazole rings is 1. The number of carbonyl (C=O) groups excluding carboxylic acids is 1. The molecule has 0 aliphatic rings. The van der Waals surface area contributed by atoms with Gasteiger partial charge in [0.05, 0.1) is 35.8 Å². The molecule has 0 aliphatic heterocycles. The zero-order chi connectivity index (χ0) is 23.1. The molecule has 0 fully saturated rings. The fourth-order valence-corrected chi connectivity index (χ4v) is 2.95. The van der Waals surface area contributed by atoms with Crippen LogP contribution in [0.5, 0.6) is 0 Å². The van der Waals surface area contributed by atoms with Crippen LogP contribution in [-0.4, -0.2) is 43.2 Å². The number of para-hydroxylation sites is 1. The molecule has 168 valence electrons. The summed E-state index contributed by atoms with van der Waals surface area (Å²) < 4.78 is 7.22. The summed E-state index contributed by atoms with van der Waals surface area (Å²) >= 11 is 0. The molecule has 1 aromatic heterocycles.